The van der Waals surface area contributed by atoms with Gasteiger partial charge < -0.3 is 10.2 Å². The first-order chi connectivity index (χ1) is 21.5. The fraction of sp³-hybridized carbons (Fsp3) is 0.952. The van der Waals surface area contributed by atoms with Crippen LogP contribution in [-0.2, 0) is 0 Å². The molecule has 8 aliphatic rings. The number of fused-ring (bicyclic) bond motifs is 10. The summed E-state index contributed by atoms with van der Waals surface area (Å²) in [4.78, 5) is 0. The number of aliphatic hydroxyl groups is 2. The van der Waals surface area contributed by atoms with E-state index in [2.05, 4.69) is 55.4 Å². The highest BCUT2D eigenvalue weighted by Gasteiger charge is 2.65. The Balaban J connectivity index is 0.969. The van der Waals surface area contributed by atoms with E-state index in [4.69, 9.17) is 10.2 Å². The Morgan fingerprint density at radius 3 is 1.26 bits per heavy atom. The molecule has 8 fully saturated rings. The predicted molar refractivity (Wildman–Crippen MR) is 189 cm³/mol. The smallest absolute Gasteiger partial charge is 0.0675 e. The summed E-state index contributed by atoms with van der Waals surface area (Å²) in [5.41, 5.74) is 2.86. The molecule has 0 aliphatic heterocycles. The van der Waals surface area contributed by atoms with Crippen molar-refractivity contribution in [2.75, 3.05) is 0 Å². The Bertz CT molecular complexity index is 1200. The minimum Gasteiger partial charge on any atom is -0.390 e. The van der Waals surface area contributed by atoms with Gasteiger partial charge in [-0.2, -0.15) is 10.2 Å². The van der Waals surface area contributed by atoms with E-state index in [1.165, 1.54) is 88.5 Å². The summed E-state index contributed by atoms with van der Waals surface area (Å²) in [6, 6.07) is 0. The molecule has 16 atom stereocenters. The Hall–Kier alpha value is -0.740. The van der Waals surface area contributed by atoms with Crippen molar-refractivity contribution in [2.24, 2.45) is 91.0 Å². The topological polar surface area (TPSA) is 65.2 Å². The summed E-state index contributed by atoms with van der Waals surface area (Å²) in [5, 5.41) is 33.1. The lowest BCUT2D eigenvalue weighted by Gasteiger charge is -2.62. The molecule has 0 aromatic rings. The summed E-state index contributed by atoms with van der Waals surface area (Å²) in [7, 11) is 0. The zero-order chi connectivity index (χ0) is 32.7. The van der Waals surface area contributed by atoms with Crippen LogP contribution in [0.1, 0.15) is 158 Å². The van der Waals surface area contributed by atoms with Crippen LogP contribution in [0.4, 0.5) is 0 Å². The van der Waals surface area contributed by atoms with Crippen LogP contribution in [0, 0.1) is 80.8 Å². The molecule has 0 bridgehead atoms. The van der Waals surface area contributed by atoms with E-state index in [1.54, 1.807) is 0 Å². The summed E-state index contributed by atoms with van der Waals surface area (Å²) >= 11 is 0. The van der Waals surface area contributed by atoms with Gasteiger partial charge in [-0.15, -0.1) is 0 Å². The Labute approximate surface area is 281 Å². The highest BCUT2D eigenvalue weighted by Crippen LogP contribution is 2.70. The lowest BCUT2D eigenvalue weighted by Crippen LogP contribution is -2.57. The third-order valence-electron chi connectivity index (χ3n) is 19.1. The number of hydrogen-bond acceptors (Lipinski definition) is 4. The number of hydrogen-bond donors (Lipinski definition) is 2. The Morgan fingerprint density at radius 2 is 0.870 bits per heavy atom. The van der Waals surface area contributed by atoms with Gasteiger partial charge in [0.15, 0.2) is 0 Å². The molecule has 4 heteroatoms. The van der Waals surface area contributed by atoms with Gasteiger partial charge in [-0.05, 0) is 197 Å². The van der Waals surface area contributed by atoms with Crippen LogP contribution in [0.25, 0.3) is 0 Å². The van der Waals surface area contributed by atoms with E-state index >= 15 is 0 Å². The first-order valence-corrected chi connectivity index (χ1v) is 20.1. The Morgan fingerprint density at radius 1 is 0.500 bits per heavy atom. The first kappa shape index (κ1) is 32.5. The van der Waals surface area contributed by atoms with E-state index < -0.39 is 11.2 Å². The van der Waals surface area contributed by atoms with Gasteiger partial charge in [0.05, 0.1) is 11.2 Å². The average Bonchev–Trinajstić information content (AvgIpc) is 3.38. The molecule has 4 nitrogen and oxygen atoms in total. The van der Waals surface area contributed by atoms with Crippen LogP contribution in [0.5, 0.6) is 0 Å². The molecule has 2 N–H and O–H groups in total. The predicted octanol–water partition coefficient (Wildman–Crippen LogP) is 9.86. The molecule has 8 aliphatic carbocycles. The maximum absolute atomic E-state index is 11.3. The second-order valence-electron chi connectivity index (χ2n) is 20.7. The molecule has 0 saturated heterocycles. The van der Waals surface area contributed by atoms with Crippen molar-refractivity contribution in [3.63, 3.8) is 0 Å². The van der Waals surface area contributed by atoms with Gasteiger partial charge in [0.1, 0.15) is 0 Å². The monoisotopic (exact) mass is 633 g/mol. The van der Waals surface area contributed by atoms with Gasteiger partial charge in [-0.1, -0.05) is 41.5 Å². The highest BCUT2D eigenvalue weighted by atomic mass is 16.3. The van der Waals surface area contributed by atoms with Crippen molar-refractivity contribution in [3.05, 3.63) is 0 Å². The molecule has 46 heavy (non-hydrogen) atoms. The maximum Gasteiger partial charge on any atom is 0.0675 e. The molecule has 0 heterocycles. The van der Waals surface area contributed by atoms with Crippen LogP contribution in [0.15, 0.2) is 10.2 Å². The molecular formula is C42H68N2O2. The van der Waals surface area contributed by atoms with Crippen LogP contribution in [-0.4, -0.2) is 32.8 Å². The third-order valence-corrected chi connectivity index (χ3v) is 19.1. The molecule has 0 aromatic carbocycles. The summed E-state index contributed by atoms with van der Waals surface area (Å²) < 4.78 is 0. The van der Waals surface area contributed by atoms with Gasteiger partial charge >= 0.3 is 0 Å². The summed E-state index contributed by atoms with van der Waals surface area (Å²) in [5.74, 6) is 7.15. The lowest BCUT2D eigenvalue weighted by molar-refractivity contribution is -0.142. The first-order valence-electron chi connectivity index (χ1n) is 20.1. The van der Waals surface area contributed by atoms with Crippen molar-refractivity contribution in [1.29, 1.82) is 0 Å². The SMILES string of the molecule is C[C@@H]1C[C@@]2(C)[C@@H](CC[C@@H]3[C@@H]2CC[C@@]2(C)[C@H]3CC[C@]2(C)O)C/C1=N/N=C1/C[C@@H]2CC[C@H]3[C@H](CC[C@@]4(C)[C@H]3CC[C@]4(C)O)[C@@]2(C)C[C@H]1C. The molecule has 0 unspecified atom stereocenters. The summed E-state index contributed by atoms with van der Waals surface area (Å²) in [6.07, 6.45) is 19.7. The van der Waals surface area contributed by atoms with Crippen molar-refractivity contribution >= 4 is 11.4 Å². The third kappa shape index (κ3) is 4.29. The van der Waals surface area contributed by atoms with Gasteiger partial charge in [-0.25, -0.2) is 0 Å². The fourth-order valence-electron chi connectivity index (χ4n) is 15.7. The second-order valence-corrected chi connectivity index (χ2v) is 20.7. The van der Waals surface area contributed by atoms with Crippen LogP contribution in [0.2, 0.25) is 0 Å². The molecule has 8 saturated carbocycles. The van der Waals surface area contributed by atoms with Crippen LogP contribution < -0.4 is 0 Å². The molecular weight excluding hydrogens is 564 g/mol. The standard InChI is InChI=1S/C42H68N2O2/c1-25-23-37(3)27(9-11-29-31(37)13-17-39(5)33(29)15-19-41(39,7)45)21-35(25)43-44-36-22-28-10-12-30-32(38(28,4)24-26(36)2)14-18-40(6)34(30)16-20-42(40,8)46/h25-34,45-46H,9-24H2,1-8H3/b43-35-,44-36-/t25-,26-,27+,28+,29-,30+,31+,32+,33+,34+,37+,38+,39+,40+,41+,42+/m1/s1. The minimum atomic E-state index is -0.484. The quantitative estimate of drug-likeness (QED) is 0.283. The fourth-order valence-corrected chi connectivity index (χ4v) is 15.7. The molecule has 0 radical (unpaired) electrons. The van der Waals surface area contributed by atoms with Crippen molar-refractivity contribution < 1.29 is 10.2 Å². The van der Waals surface area contributed by atoms with Gasteiger partial charge in [0, 0.05) is 11.4 Å². The van der Waals surface area contributed by atoms with Crippen molar-refractivity contribution in [3.8, 4) is 0 Å². The van der Waals surface area contributed by atoms with E-state index in [1.807, 2.05) is 0 Å². The van der Waals surface area contributed by atoms with Gasteiger partial charge in [-0.3, -0.25) is 0 Å². The Kier molecular flexibility index (Phi) is 7.34. The number of rotatable bonds is 1. The minimum absolute atomic E-state index is 0.112. The summed E-state index contributed by atoms with van der Waals surface area (Å²) in [6.45, 7) is 19.4. The van der Waals surface area contributed by atoms with Gasteiger partial charge in [0.25, 0.3) is 0 Å². The van der Waals surface area contributed by atoms with Crippen LogP contribution in [0.3, 0.4) is 0 Å². The second kappa shape index (κ2) is 10.4. The average molecular weight is 633 g/mol. The maximum atomic E-state index is 11.3. The molecule has 0 amide bonds. The largest absolute Gasteiger partial charge is 0.390 e. The zero-order valence-corrected chi connectivity index (χ0v) is 30.9. The van der Waals surface area contributed by atoms with E-state index in [-0.39, 0.29) is 10.8 Å². The normalized spacial score (nSPS) is 61.3. The van der Waals surface area contributed by atoms with E-state index in [0.29, 0.717) is 34.5 Å². The van der Waals surface area contributed by atoms with Crippen molar-refractivity contribution in [1.82, 2.24) is 0 Å². The van der Waals surface area contributed by atoms with Crippen molar-refractivity contribution in [2.45, 2.75) is 169 Å². The zero-order valence-electron chi connectivity index (χ0n) is 30.9. The molecule has 258 valence electrons. The molecule has 0 aromatic heterocycles. The van der Waals surface area contributed by atoms with Gasteiger partial charge in [0.2, 0.25) is 0 Å². The van der Waals surface area contributed by atoms with Crippen LogP contribution >= 0.6 is 0 Å². The number of nitrogens with zero attached hydrogens (tertiary/aromatic N) is 2. The van der Waals surface area contributed by atoms with E-state index in [0.717, 1.165) is 61.2 Å². The highest BCUT2D eigenvalue weighted by molar-refractivity contribution is 5.91. The molecule has 8 rings (SSSR count). The molecule has 0 spiro atoms. The lowest BCUT2D eigenvalue weighted by atomic mass is 9.43. The van der Waals surface area contributed by atoms with E-state index in [9.17, 15) is 10.2 Å².